The van der Waals surface area contributed by atoms with Crippen LogP contribution in [0.3, 0.4) is 0 Å². The number of fused-ring (bicyclic) bond motifs is 6. The minimum absolute atomic E-state index is 0.235. The van der Waals surface area contributed by atoms with Crippen LogP contribution in [0, 0.1) is 24.0 Å². The third kappa shape index (κ3) is 3.38. The van der Waals surface area contributed by atoms with Crippen LogP contribution in [0.4, 0.5) is 8.78 Å². The van der Waals surface area contributed by atoms with E-state index in [9.17, 15) is 8.78 Å². The number of benzene rings is 5. The van der Waals surface area contributed by atoms with Crippen molar-refractivity contribution in [1.29, 1.82) is 0 Å². The molecule has 0 aromatic heterocycles. The summed E-state index contributed by atoms with van der Waals surface area (Å²) in [5, 5.41) is 10.8. The van der Waals surface area contributed by atoms with Gasteiger partial charge in [0.1, 0.15) is 11.6 Å². The summed E-state index contributed by atoms with van der Waals surface area (Å²) in [5.74, 6) is 2.36. The summed E-state index contributed by atoms with van der Waals surface area (Å²) in [5.41, 5.74) is 0.772. The Bertz CT molecular complexity index is 1690. The molecule has 0 spiro atoms. The van der Waals surface area contributed by atoms with Gasteiger partial charge in [0.25, 0.3) is 0 Å². The molecule has 0 amide bonds. The molecule has 0 heterocycles. The minimum atomic E-state index is -1.98. The normalized spacial score (nSPS) is 12.7. The highest BCUT2D eigenvalue weighted by molar-refractivity contribution is 6.96. The van der Waals surface area contributed by atoms with E-state index in [0.29, 0.717) is 0 Å². The first-order chi connectivity index (χ1) is 15.9. The van der Waals surface area contributed by atoms with Crippen molar-refractivity contribution in [2.75, 3.05) is 0 Å². The molecule has 5 aromatic carbocycles. The molecule has 0 radical (unpaired) electrons. The van der Waals surface area contributed by atoms with Crippen LogP contribution >= 0.6 is 0 Å². The Labute approximate surface area is 201 Å². The Balaban J connectivity index is 2.26. The second kappa shape index (κ2) is 7.50. The lowest BCUT2D eigenvalue weighted by Crippen LogP contribution is -2.44. The van der Waals surface area contributed by atoms with E-state index in [0.717, 1.165) is 43.3 Å². The molecule has 0 unspecified atom stereocenters. The van der Waals surface area contributed by atoms with Crippen molar-refractivity contribution in [1.82, 2.24) is 0 Å². The van der Waals surface area contributed by atoms with Crippen LogP contribution in [0.1, 0.15) is 5.56 Å². The van der Waals surface area contributed by atoms with Crippen molar-refractivity contribution < 1.29 is 8.78 Å². The standard InChI is InChI=1S/C30H28F2Si2/c1-8-18-15-26-28(25-17-21(32)12-14-22(18)25)29(33(2,3)4)23-13-10-19-9-11-20(31)16-24(19)27(23)30(26)34(5,6)7/h1,9-17H,2-7H3. The molecule has 5 rings (SSSR count). The Morgan fingerprint density at radius 3 is 1.71 bits per heavy atom. The first-order valence-electron chi connectivity index (χ1n) is 11.6. The van der Waals surface area contributed by atoms with Crippen LogP contribution in [-0.4, -0.2) is 16.1 Å². The molecule has 170 valence electrons. The molecule has 5 aromatic rings. The lowest BCUT2D eigenvalue weighted by molar-refractivity contribution is 0.629. The lowest BCUT2D eigenvalue weighted by atomic mass is 9.92. The predicted octanol–water partition coefficient (Wildman–Crippen LogP) is 7.65. The number of hydrogen-bond donors (Lipinski definition) is 0. The summed E-state index contributed by atoms with van der Waals surface area (Å²) in [6, 6.07) is 16.4. The molecule has 0 nitrogen and oxygen atoms in total. The van der Waals surface area contributed by atoms with Crippen molar-refractivity contribution in [3.8, 4) is 12.3 Å². The van der Waals surface area contributed by atoms with Gasteiger partial charge in [0.2, 0.25) is 0 Å². The third-order valence-electron chi connectivity index (χ3n) is 6.78. The Kier molecular flexibility index (Phi) is 5.02. The summed E-state index contributed by atoms with van der Waals surface area (Å²) in [4.78, 5) is 0. The van der Waals surface area contributed by atoms with Crippen molar-refractivity contribution >= 4 is 69.6 Å². The van der Waals surface area contributed by atoms with Crippen molar-refractivity contribution in [3.05, 3.63) is 71.8 Å². The second-order valence-corrected chi connectivity index (χ2v) is 21.3. The molecular formula is C30H28F2Si2. The molecule has 0 N–H and O–H groups in total. The highest BCUT2D eigenvalue weighted by Crippen LogP contribution is 2.36. The average molecular weight is 483 g/mol. The second-order valence-electron chi connectivity index (χ2n) is 11.3. The van der Waals surface area contributed by atoms with Crippen LogP contribution in [0.15, 0.2) is 54.6 Å². The molecule has 0 saturated carbocycles. The fraction of sp³-hybridized carbons (Fsp3) is 0.200. The molecule has 0 aliphatic rings. The largest absolute Gasteiger partial charge is 0.207 e. The van der Waals surface area contributed by atoms with Crippen LogP contribution in [0.5, 0.6) is 0 Å². The van der Waals surface area contributed by atoms with Gasteiger partial charge >= 0.3 is 0 Å². The summed E-state index contributed by atoms with van der Waals surface area (Å²) in [6.07, 6.45) is 5.98. The van der Waals surface area contributed by atoms with Gasteiger partial charge in [-0.1, -0.05) is 69.5 Å². The fourth-order valence-corrected chi connectivity index (χ4v) is 9.64. The van der Waals surface area contributed by atoms with Gasteiger partial charge < -0.3 is 0 Å². The van der Waals surface area contributed by atoms with E-state index < -0.39 is 16.1 Å². The third-order valence-corrected chi connectivity index (χ3v) is 10.8. The zero-order valence-corrected chi connectivity index (χ0v) is 22.5. The Hall–Kier alpha value is -3.01. The first kappa shape index (κ1) is 22.8. The van der Waals surface area contributed by atoms with Gasteiger partial charge in [-0.2, -0.15) is 0 Å². The summed E-state index contributed by atoms with van der Waals surface area (Å²) in [7, 11) is -3.94. The molecule has 34 heavy (non-hydrogen) atoms. The minimum Gasteiger partial charge on any atom is -0.207 e. The molecule has 0 aliphatic carbocycles. The lowest BCUT2D eigenvalue weighted by Gasteiger charge is -2.30. The van der Waals surface area contributed by atoms with E-state index >= 15 is 0 Å². The SMILES string of the molecule is C#Cc1cc2c([Si](C)(C)C)c3c(ccc4ccc(F)cc43)c([Si](C)(C)C)c2c2cc(F)ccc12. The van der Waals surface area contributed by atoms with E-state index in [2.05, 4.69) is 63.4 Å². The maximum absolute atomic E-state index is 14.7. The topological polar surface area (TPSA) is 0 Å². The van der Waals surface area contributed by atoms with Gasteiger partial charge in [-0.25, -0.2) is 8.78 Å². The van der Waals surface area contributed by atoms with Crippen LogP contribution in [0.2, 0.25) is 39.3 Å². The van der Waals surface area contributed by atoms with Gasteiger partial charge in [0.05, 0.1) is 16.1 Å². The summed E-state index contributed by atoms with van der Waals surface area (Å²) in [6.45, 7) is 13.9. The van der Waals surface area contributed by atoms with Gasteiger partial charge in [-0.05, 0) is 83.8 Å². The van der Waals surface area contributed by atoms with Gasteiger partial charge in [-0.3, -0.25) is 0 Å². The molecule has 0 saturated heterocycles. The predicted molar refractivity (Wildman–Crippen MR) is 150 cm³/mol. The van der Waals surface area contributed by atoms with E-state index in [1.54, 1.807) is 18.2 Å². The summed E-state index contributed by atoms with van der Waals surface area (Å²) < 4.78 is 29.2. The quantitative estimate of drug-likeness (QED) is 0.105. The molecule has 0 bridgehead atoms. The van der Waals surface area contributed by atoms with Gasteiger partial charge in [0, 0.05) is 5.56 Å². The molecule has 0 fully saturated rings. The van der Waals surface area contributed by atoms with E-state index in [4.69, 9.17) is 6.42 Å². The fourth-order valence-electron chi connectivity index (χ4n) is 5.58. The molecule has 4 heteroatoms. The zero-order chi connectivity index (χ0) is 24.6. The maximum Gasteiger partial charge on any atom is 0.123 e. The molecular weight excluding hydrogens is 454 g/mol. The van der Waals surface area contributed by atoms with Crippen molar-refractivity contribution in [3.63, 3.8) is 0 Å². The van der Waals surface area contributed by atoms with Gasteiger partial charge in [0.15, 0.2) is 0 Å². The van der Waals surface area contributed by atoms with Crippen molar-refractivity contribution in [2.45, 2.75) is 39.3 Å². The number of rotatable bonds is 2. The van der Waals surface area contributed by atoms with E-state index in [-0.39, 0.29) is 11.6 Å². The number of hydrogen-bond acceptors (Lipinski definition) is 0. The maximum atomic E-state index is 14.7. The van der Waals surface area contributed by atoms with Crippen molar-refractivity contribution in [2.24, 2.45) is 0 Å². The highest BCUT2D eigenvalue weighted by atomic mass is 28.3. The first-order valence-corrected chi connectivity index (χ1v) is 18.6. The van der Waals surface area contributed by atoms with Gasteiger partial charge in [-0.15, -0.1) is 6.42 Å². The van der Waals surface area contributed by atoms with Crippen LogP contribution in [-0.2, 0) is 0 Å². The van der Waals surface area contributed by atoms with E-state index in [1.165, 1.54) is 27.9 Å². The summed E-state index contributed by atoms with van der Waals surface area (Å²) >= 11 is 0. The van der Waals surface area contributed by atoms with E-state index in [1.807, 2.05) is 6.07 Å². The number of terminal acetylenes is 1. The highest BCUT2D eigenvalue weighted by Gasteiger charge is 2.31. The Morgan fingerprint density at radius 1 is 0.588 bits per heavy atom. The Morgan fingerprint density at radius 2 is 1.09 bits per heavy atom. The zero-order valence-electron chi connectivity index (χ0n) is 20.5. The smallest absolute Gasteiger partial charge is 0.123 e. The van der Waals surface area contributed by atoms with Crippen LogP contribution < -0.4 is 10.4 Å². The average Bonchev–Trinajstić information content (AvgIpc) is 2.74. The number of halogens is 2. The van der Waals surface area contributed by atoms with Crippen LogP contribution in [0.25, 0.3) is 43.1 Å². The monoisotopic (exact) mass is 482 g/mol. The molecule has 0 aliphatic heterocycles. The molecule has 0 atom stereocenters.